The smallest absolute Gasteiger partial charge is 0.0634 e. The first-order valence-electron chi connectivity index (χ1n) is 6.45. The van der Waals surface area contributed by atoms with E-state index in [2.05, 4.69) is 45.0 Å². The van der Waals surface area contributed by atoms with Crippen LogP contribution in [0.15, 0.2) is 29.2 Å². The predicted molar refractivity (Wildman–Crippen MR) is 76.6 cm³/mol. The van der Waals surface area contributed by atoms with Crippen molar-refractivity contribution in [2.24, 2.45) is 5.92 Å². The molecule has 0 bridgehead atoms. The molecule has 0 amide bonds. The standard InChI is InChI=1S/C15H24OS/c1-12(2)6-4-8-14(16)11-17-15-9-5-7-13(3)10-15/h5,7,9-10,12,14,16H,4,6,8,11H2,1-3H3. The summed E-state index contributed by atoms with van der Waals surface area (Å²) < 4.78 is 0. The van der Waals surface area contributed by atoms with E-state index in [0.29, 0.717) is 0 Å². The van der Waals surface area contributed by atoms with Crippen LogP contribution in [0.25, 0.3) is 0 Å². The van der Waals surface area contributed by atoms with Gasteiger partial charge in [-0.1, -0.05) is 44.4 Å². The van der Waals surface area contributed by atoms with Gasteiger partial charge in [-0.25, -0.2) is 0 Å². The van der Waals surface area contributed by atoms with Crippen LogP contribution in [0.5, 0.6) is 0 Å². The van der Waals surface area contributed by atoms with Gasteiger partial charge in [0.05, 0.1) is 6.10 Å². The van der Waals surface area contributed by atoms with Gasteiger partial charge in [-0.05, 0) is 31.4 Å². The van der Waals surface area contributed by atoms with Gasteiger partial charge >= 0.3 is 0 Å². The van der Waals surface area contributed by atoms with Crippen molar-refractivity contribution in [2.75, 3.05) is 5.75 Å². The third-order valence-electron chi connectivity index (χ3n) is 2.75. The van der Waals surface area contributed by atoms with Gasteiger partial charge in [-0.3, -0.25) is 0 Å². The molecule has 96 valence electrons. The number of aliphatic hydroxyl groups is 1. The number of hydrogen-bond donors (Lipinski definition) is 1. The largest absolute Gasteiger partial charge is 0.392 e. The Morgan fingerprint density at radius 2 is 2.00 bits per heavy atom. The molecule has 1 unspecified atom stereocenters. The Hall–Kier alpha value is -0.470. The van der Waals surface area contributed by atoms with Crippen molar-refractivity contribution in [3.63, 3.8) is 0 Å². The molecule has 1 N–H and O–H groups in total. The number of benzene rings is 1. The average molecular weight is 252 g/mol. The van der Waals surface area contributed by atoms with E-state index in [1.54, 1.807) is 11.8 Å². The molecule has 1 nitrogen and oxygen atoms in total. The molecule has 17 heavy (non-hydrogen) atoms. The van der Waals surface area contributed by atoms with E-state index in [4.69, 9.17) is 0 Å². The van der Waals surface area contributed by atoms with E-state index in [1.807, 2.05) is 0 Å². The second-order valence-corrected chi connectivity index (χ2v) is 6.20. The summed E-state index contributed by atoms with van der Waals surface area (Å²) >= 11 is 1.75. The van der Waals surface area contributed by atoms with Crippen LogP contribution < -0.4 is 0 Å². The second kappa shape index (κ2) is 7.78. The van der Waals surface area contributed by atoms with E-state index in [9.17, 15) is 5.11 Å². The van der Waals surface area contributed by atoms with Crippen molar-refractivity contribution in [1.82, 2.24) is 0 Å². The van der Waals surface area contributed by atoms with Crippen LogP contribution in [0.1, 0.15) is 38.7 Å². The molecule has 0 aliphatic rings. The third-order valence-corrected chi connectivity index (χ3v) is 3.89. The van der Waals surface area contributed by atoms with Gasteiger partial charge in [0.2, 0.25) is 0 Å². The van der Waals surface area contributed by atoms with Crippen molar-refractivity contribution in [1.29, 1.82) is 0 Å². The number of thioether (sulfide) groups is 1. The van der Waals surface area contributed by atoms with Crippen LogP contribution in [-0.2, 0) is 0 Å². The SMILES string of the molecule is Cc1cccc(SCC(O)CCCC(C)C)c1. The molecule has 0 aromatic heterocycles. The number of aryl methyl sites for hydroxylation is 1. The summed E-state index contributed by atoms with van der Waals surface area (Å²) in [7, 11) is 0. The maximum atomic E-state index is 9.87. The molecule has 0 heterocycles. The monoisotopic (exact) mass is 252 g/mol. The zero-order valence-electron chi connectivity index (χ0n) is 11.1. The van der Waals surface area contributed by atoms with Crippen molar-refractivity contribution >= 4 is 11.8 Å². The Labute approximate surface area is 110 Å². The topological polar surface area (TPSA) is 20.2 Å². The highest BCUT2D eigenvalue weighted by atomic mass is 32.2. The Balaban J connectivity index is 2.21. The van der Waals surface area contributed by atoms with Crippen molar-refractivity contribution in [3.8, 4) is 0 Å². The van der Waals surface area contributed by atoms with Gasteiger partial charge < -0.3 is 5.11 Å². The summed E-state index contributed by atoms with van der Waals surface area (Å²) in [5, 5.41) is 9.87. The minimum absolute atomic E-state index is 0.167. The molecular weight excluding hydrogens is 228 g/mol. The highest BCUT2D eigenvalue weighted by molar-refractivity contribution is 7.99. The average Bonchev–Trinajstić information content (AvgIpc) is 2.26. The van der Waals surface area contributed by atoms with Crippen molar-refractivity contribution < 1.29 is 5.11 Å². The Kier molecular flexibility index (Phi) is 6.68. The lowest BCUT2D eigenvalue weighted by Crippen LogP contribution is -2.09. The normalized spacial score (nSPS) is 13.0. The van der Waals surface area contributed by atoms with Crippen molar-refractivity contribution in [2.45, 2.75) is 51.0 Å². The molecule has 0 aliphatic carbocycles. The Morgan fingerprint density at radius 3 is 2.65 bits per heavy atom. The Bertz CT molecular complexity index is 322. The predicted octanol–water partition coefficient (Wildman–Crippen LogP) is 4.27. The van der Waals surface area contributed by atoms with Crippen LogP contribution in [0.4, 0.5) is 0 Å². The summed E-state index contributed by atoms with van der Waals surface area (Å²) in [5.74, 6) is 1.55. The minimum Gasteiger partial charge on any atom is -0.392 e. The molecule has 0 aliphatic heterocycles. The summed E-state index contributed by atoms with van der Waals surface area (Å²) in [6.45, 7) is 6.56. The third kappa shape index (κ3) is 6.75. The van der Waals surface area contributed by atoms with E-state index >= 15 is 0 Å². The lowest BCUT2D eigenvalue weighted by molar-refractivity contribution is 0.183. The highest BCUT2D eigenvalue weighted by Crippen LogP contribution is 2.21. The molecular formula is C15H24OS. The molecule has 0 spiro atoms. The van der Waals surface area contributed by atoms with Gasteiger partial charge in [-0.2, -0.15) is 0 Å². The molecule has 0 saturated carbocycles. The van der Waals surface area contributed by atoms with Crippen LogP contribution in [0.2, 0.25) is 0 Å². The fourth-order valence-corrected chi connectivity index (χ4v) is 2.74. The quantitative estimate of drug-likeness (QED) is 0.731. The van der Waals surface area contributed by atoms with Gasteiger partial charge in [0.1, 0.15) is 0 Å². The zero-order chi connectivity index (χ0) is 12.7. The summed E-state index contributed by atoms with van der Waals surface area (Å²) in [4.78, 5) is 1.26. The minimum atomic E-state index is -0.167. The molecule has 0 radical (unpaired) electrons. The number of rotatable bonds is 7. The molecule has 2 heteroatoms. The summed E-state index contributed by atoms with van der Waals surface area (Å²) in [6.07, 6.45) is 3.11. The van der Waals surface area contributed by atoms with E-state index in [-0.39, 0.29) is 6.10 Å². The van der Waals surface area contributed by atoms with Gasteiger partial charge in [0.15, 0.2) is 0 Å². The van der Waals surface area contributed by atoms with Crippen LogP contribution in [0.3, 0.4) is 0 Å². The maximum absolute atomic E-state index is 9.87. The van der Waals surface area contributed by atoms with Gasteiger partial charge in [0, 0.05) is 10.6 Å². The van der Waals surface area contributed by atoms with Crippen LogP contribution in [0, 0.1) is 12.8 Å². The highest BCUT2D eigenvalue weighted by Gasteiger charge is 2.05. The second-order valence-electron chi connectivity index (χ2n) is 5.11. The molecule has 0 saturated heterocycles. The number of hydrogen-bond acceptors (Lipinski definition) is 2. The fourth-order valence-electron chi connectivity index (χ4n) is 1.74. The van der Waals surface area contributed by atoms with E-state index < -0.39 is 0 Å². The molecule has 1 rings (SSSR count). The molecule has 1 aromatic carbocycles. The first-order valence-corrected chi connectivity index (χ1v) is 7.44. The molecule has 1 atom stereocenters. The fraction of sp³-hybridized carbons (Fsp3) is 0.600. The van der Waals surface area contributed by atoms with E-state index in [0.717, 1.165) is 24.5 Å². The molecule has 1 aromatic rings. The summed E-state index contributed by atoms with van der Waals surface area (Å²) in [6, 6.07) is 8.45. The van der Waals surface area contributed by atoms with Crippen molar-refractivity contribution in [3.05, 3.63) is 29.8 Å². The van der Waals surface area contributed by atoms with Crippen LogP contribution in [-0.4, -0.2) is 17.0 Å². The number of aliphatic hydroxyl groups excluding tert-OH is 1. The zero-order valence-corrected chi connectivity index (χ0v) is 12.0. The Morgan fingerprint density at radius 1 is 1.24 bits per heavy atom. The lowest BCUT2D eigenvalue weighted by atomic mass is 10.1. The first-order chi connectivity index (χ1) is 8.08. The summed E-state index contributed by atoms with van der Waals surface area (Å²) in [5.41, 5.74) is 1.28. The van der Waals surface area contributed by atoms with E-state index in [1.165, 1.54) is 16.9 Å². The lowest BCUT2D eigenvalue weighted by Gasteiger charge is -2.11. The van der Waals surface area contributed by atoms with Crippen LogP contribution >= 0.6 is 11.8 Å². The van der Waals surface area contributed by atoms with Gasteiger partial charge in [-0.15, -0.1) is 11.8 Å². The van der Waals surface area contributed by atoms with Gasteiger partial charge in [0.25, 0.3) is 0 Å². The first kappa shape index (κ1) is 14.6. The molecule has 0 fully saturated rings. The maximum Gasteiger partial charge on any atom is 0.0634 e.